The number of nitrogens with zero attached hydrogens (tertiary/aromatic N) is 2. The molecule has 1 aliphatic carbocycles. The molecule has 5 heteroatoms. The maximum Gasteiger partial charge on any atom is 0.236 e. The summed E-state index contributed by atoms with van der Waals surface area (Å²) in [6.07, 6.45) is 2.99. The molecule has 1 aliphatic rings. The van der Waals surface area contributed by atoms with Crippen LogP contribution in [0.4, 0.5) is 5.82 Å². The molecular formula is C11H12N4O. The molecule has 0 fully saturated rings. The number of aromatic nitrogens is 1. The summed E-state index contributed by atoms with van der Waals surface area (Å²) in [5.41, 5.74) is 7.67. The highest BCUT2D eigenvalue weighted by atomic mass is 16.1. The molecule has 1 aromatic rings. The van der Waals surface area contributed by atoms with Crippen LogP contribution >= 0.6 is 0 Å². The minimum atomic E-state index is -0.466. The van der Waals surface area contributed by atoms with Gasteiger partial charge in [0.05, 0.1) is 12.1 Å². The summed E-state index contributed by atoms with van der Waals surface area (Å²) < 4.78 is 0. The van der Waals surface area contributed by atoms with E-state index in [9.17, 15) is 4.79 Å². The molecule has 1 heterocycles. The van der Waals surface area contributed by atoms with Crippen LogP contribution < -0.4 is 11.1 Å². The van der Waals surface area contributed by atoms with Crippen molar-refractivity contribution in [3.8, 4) is 6.07 Å². The monoisotopic (exact) mass is 216 g/mol. The molecule has 0 unspecified atom stereocenters. The molecule has 1 amide bonds. The molecule has 0 aliphatic heterocycles. The Hall–Kier alpha value is -2.09. The topological polar surface area (TPSA) is 91.8 Å². The molecule has 0 saturated carbocycles. The lowest BCUT2D eigenvalue weighted by Gasteiger charge is -2.07. The van der Waals surface area contributed by atoms with Crippen LogP contribution in [0.2, 0.25) is 0 Å². The van der Waals surface area contributed by atoms with Crippen LogP contribution in [0.15, 0.2) is 6.07 Å². The molecule has 82 valence electrons. The molecule has 2 rings (SSSR count). The first-order valence-corrected chi connectivity index (χ1v) is 5.16. The van der Waals surface area contributed by atoms with Gasteiger partial charge in [0.1, 0.15) is 11.9 Å². The quantitative estimate of drug-likeness (QED) is 0.762. The van der Waals surface area contributed by atoms with E-state index in [-0.39, 0.29) is 6.54 Å². The third-order valence-corrected chi connectivity index (χ3v) is 2.60. The Morgan fingerprint density at radius 3 is 3.12 bits per heavy atom. The molecule has 1 aromatic heterocycles. The maximum absolute atomic E-state index is 10.7. The van der Waals surface area contributed by atoms with Gasteiger partial charge in [-0.1, -0.05) is 0 Å². The average Bonchev–Trinajstić information content (AvgIpc) is 2.71. The Bertz CT molecular complexity index is 476. The summed E-state index contributed by atoms with van der Waals surface area (Å²) in [6.45, 7) is 0.000463. The molecule has 0 spiro atoms. The molecule has 3 N–H and O–H groups in total. The van der Waals surface area contributed by atoms with Crippen LogP contribution in [0.3, 0.4) is 0 Å². The molecule has 0 atom stereocenters. The fraction of sp³-hybridized carbons (Fsp3) is 0.364. The van der Waals surface area contributed by atoms with Crippen molar-refractivity contribution in [2.45, 2.75) is 19.3 Å². The maximum atomic E-state index is 10.7. The van der Waals surface area contributed by atoms with E-state index in [0.717, 1.165) is 30.5 Å². The first-order chi connectivity index (χ1) is 7.70. The largest absolute Gasteiger partial charge is 0.368 e. The van der Waals surface area contributed by atoms with Gasteiger partial charge < -0.3 is 11.1 Å². The number of nitriles is 1. The van der Waals surface area contributed by atoms with Gasteiger partial charge >= 0.3 is 0 Å². The Morgan fingerprint density at radius 1 is 1.62 bits per heavy atom. The van der Waals surface area contributed by atoms with Crippen LogP contribution in [-0.4, -0.2) is 17.4 Å². The molecular weight excluding hydrogens is 204 g/mol. The van der Waals surface area contributed by atoms with Crippen molar-refractivity contribution >= 4 is 11.7 Å². The molecule has 16 heavy (non-hydrogen) atoms. The first-order valence-electron chi connectivity index (χ1n) is 5.16. The van der Waals surface area contributed by atoms with Crippen molar-refractivity contribution in [2.75, 3.05) is 11.9 Å². The van der Waals surface area contributed by atoms with Crippen molar-refractivity contribution in [1.82, 2.24) is 4.98 Å². The van der Waals surface area contributed by atoms with E-state index < -0.39 is 5.91 Å². The number of rotatable bonds is 3. The van der Waals surface area contributed by atoms with Gasteiger partial charge in [0, 0.05) is 5.69 Å². The minimum Gasteiger partial charge on any atom is -0.368 e. The van der Waals surface area contributed by atoms with Gasteiger partial charge in [0.2, 0.25) is 5.91 Å². The van der Waals surface area contributed by atoms with Crippen LogP contribution in [0.1, 0.15) is 23.2 Å². The number of carbonyl (C=O) groups is 1. The van der Waals surface area contributed by atoms with Gasteiger partial charge in [-0.15, -0.1) is 0 Å². The molecule has 0 bridgehead atoms. The number of aryl methyl sites for hydroxylation is 2. The summed E-state index contributed by atoms with van der Waals surface area (Å²) in [6, 6.07) is 3.92. The number of anilines is 1. The summed E-state index contributed by atoms with van der Waals surface area (Å²) in [4.78, 5) is 15.0. The third-order valence-electron chi connectivity index (χ3n) is 2.60. The number of pyridine rings is 1. The van der Waals surface area contributed by atoms with Crippen molar-refractivity contribution in [3.05, 3.63) is 22.9 Å². The number of amides is 1. The highest BCUT2D eigenvalue weighted by Gasteiger charge is 2.16. The lowest BCUT2D eigenvalue weighted by molar-refractivity contribution is -0.116. The van der Waals surface area contributed by atoms with Crippen LogP contribution in [0.25, 0.3) is 0 Å². The van der Waals surface area contributed by atoms with E-state index in [0.29, 0.717) is 11.4 Å². The predicted molar refractivity (Wildman–Crippen MR) is 58.7 cm³/mol. The van der Waals surface area contributed by atoms with Gasteiger partial charge in [0.25, 0.3) is 0 Å². The van der Waals surface area contributed by atoms with Gasteiger partial charge in [-0.2, -0.15) is 5.26 Å². The summed E-state index contributed by atoms with van der Waals surface area (Å²) >= 11 is 0. The zero-order valence-electron chi connectivity index (χ0n) is 8.79. The fourth-order valence-corrected chi connectivity index (χ4v) is 1.86. The summed E-state index contributed by atoms with van der Waals surface area (Å²) in [5.74, 6) is -0.00635. The van der Waals surface area contributed by atoms with E-state index in [2.05, 4.69) is 16.4 Å². The van der Waals surface area contributed by atoms with E-state index >= 15 is 0 Å². The third kappa shape index (κ3) is 1.96. The molecule has 5 nitrogen and oxygen atoms in total. The second-order valence-corrected chi connectivity index (χ2v) is 3.78. The van der Waals surface area contributed by atoms with Crippen LogP contribution in [0, 0.1) is 11.3 Å². The Kier molecular flexibility index (Phi) is 2.73. The lowest BCUT2D eigenvalue weighted by Crippen LogP contribution is -2.22. The van der Waals surface area contributed by atoms with Crippen molar-refractivity contribution < 1.29 is 4.79 Å². The number of primary amides is 1. The van der Waals surface area contributed by atoms with Gasteiger partial charge in [-0.3, -0.25) is 4.79 Å². The van der Waals surface area contributed by atoms with E-state index in [1.807, 2.05) is 6.07 Å². The second-order valence-electron chi connectivity index (χ2n) is 3.78. The smallest absolute Gasteiger partial charge is 0.236 e. The van der Waals surface area contributed by atoms with E-state index in [1.54, 1.807) is 0 Å². The fourth-order valence-electron chi connectivity index (χ4n) is 1.86. The number of hydrogen-bond acceptors (Lipinski definition) is 4. The van der Waals surface area contributed by atoms with Crippen LogP contribution in [-0.2, 0) is 17.6 Å². The predicted octanol–water partition coefficient (Wildman–Crippen LogP) is 0.339. The SMILES string of the molecule is N#Cc1cc2c(nc1NCC(N)=O)CCC2. The number of nitrogens with two attached hydrogens (primary N) is 1. The van der Waals surface area contributed by atoms with Gasteiger partial charge in [0.15, 0.2) is 0 Å². The van der Waals surface area contributed by atoms with E-state index in [1.165, 1.54) is 0 Å². The Balaban J connectivity index is 2.30. The normalized spacial score (nSPS) is 12.9. The Morgan fingerprint density at radius 2 is 2.44 bits per heavy atom. The van der Waals surface area contributed by atoms with Crippen molar-refractivity contribution in [2.24, 2.45) is 5.73 Å². The number of nitrogens with one attached hydrogen (secondary N) is 1. The summed E-state index contributed by atoms with van der Waals surface area (Å²) in [5, 5.41) is 11.8. The standard InChI is InChI=1S/C11H12N4O/c12-5-8-4-7-2-1-3-9(7)15-11(8)14-6-10(13)16/h4H,1-3,6H2,(H2,13,16)(H,14,15). The zero-order chi connectivity index (χ0) is 11.5. The highest BCUT2D eigenvalue weighted by Crippen LogP contribution is 2.24. The number of carbonyl (C=O) groups excluding carboxylic acids is 1. The number of fused-ring (bicyclic) bond motifs is 1. The zero-order valence-corrected chi connectivity index (χ0v) is 8.79. The first kappa shape index (κ1) is 10.4. The van der Waals surface area contributed by atoms with Crippen LogP contribution in [0.5, 0.6) is 0 Å². The minimum absolute atomic E-state index is 0.000463. The van der Waals surface area contributed by atoms with Crippen molar-refractivity contribution in [3.63, 3.8) is 0 Å². The van der Waals surface area contributed by atoms with Gasteiger partial charge in [-0.25, -0.2) is 4.98 Å². The Labute approximate surface area is 93.3 Å². The number of hydrogen-bond donors (Lipinski definition) is 2. The molecule has 0 aromatic carbocycles. The summed E-state index contributed by atoms with van der Waals surface area (Å²) in [7, 11) is 0. The highest BCUT2D eigenvalue weighted by molar-refractivity contribution is 5.79. The average molecular weight is 216 g/mol. The second kappa shape index (κ2) is 4.19. The van der Waals surface area contributed by atoms with Crippen molar-refractivity contribution in [1.29, 1.82) is 5.26 Å². The lowest BCUT2D eigenvalue weighted by atomic mass is 10.1. The molecule has 0 radical (unpaired) electrons. The van der Waals surface area contributed by atoms with Gasteiger partial charge in [-0.05, 0) is 30.9 Å². The van der Waals surface area contributed by atoms with E-state index in [4.69, 9.17) is 11.0 Å². The molecule has 0 saturated heterocycles.